The van der Waals surface area contributed by atoms with Crippen molar-refractivity contribution >= 4 is 21.7 Å². The number of sulfonamides is 1. The molecule has 0 spiro atoms. The van der Waals surface area contributed by atoms with Crippen LogP contribution in [0.5, 0.6) is 5.75 Å². The van der Waals surface area contributed by atoms with Crippen LogP contribution < -0.4 is 9.46 Å². The van der Waals surface area contributed by atoms with Crippen molar-refractivity contribution in [3.8, 4) is 5.75 Å². The number of aliphatic hydroxyl groups excluding tert-OH is 1. The van der Waals surface area contributed by atoms with Crippen LogP contribution in [0.3, 0.4) is 0 Å². The number of nitrogens with one attached hydrogen (secondary N) is 1. The quantitative estimate of drug-likeness (QED) is 0.630. The van der Waals surface area contributed by atoms with Crippen molar-refractivity contribution in [1.82, 2.24) is 0 Å². The fourth-order valence-electron chi connectivity index (χ4n) is 1.71. The van der Waals surface area contributed by atoms with Crippen LogP contribution in [0.4, 0.5) is 5.69 Å². The maximum absolute atomic E-state index is 12.1. The number of anilines is 1. The van der Waals surface area contributed by atoms with E-state index in [1.54, 1.807) is 6.92 Å². The lowest BCUT2D eigenvalue weighted by Gasteiger charge is -2.16. The molecule has 0 saturated carbocycles. The van der Waals surface area contributed by atoms with Gasteiger partial charge < -0.3 is 19.3 Å². The molecule has 0 aromatic heterocycles. The van der Waals surface area contributed by atoms with Gasteiger partial charge in [-0.2, -0.15) is 0 Å². The van der Waals surface area contributed by atoms with Crippen molar-refractivity contribution in [3.63, 3.8) is 0 Å². The fraction of sp³-hybridized carbons (Fsp3) is 0.500. The maximum atomic E-state index is 12.1. The van der Waals surface area contributed by atoms with Crippen LogP contribution in [-0.2, 0) is 19.5 Å². The molecule has 9 heteroatoms. The number of hydrogen-bond donors (Lipinski definition) is 2. The number of methoxy groups -OCH3 is 2. The van der Waals surface area contributed by atoms with E-state index in [1.165, 1.54) is 32.4 Å². The van der Waals surface area contributed by atoms with E-state index in [2.05, 4.69) is 9.46 Å². The van der Waals surface area contributed by atoms with E-state index in [9.17, 15) is 13.2 Å². The Bertz CT molecular complexity index is 630. The minimum Gasteiger partial charge on any atom is -0.489 e. The van der Waals surface area contributed by atoms with Gasteiger partial charge >= 0.3 is 5.97 Å². The lowest BCUT2D eigenvalue weighted by atomic mass is 10.2. The molecule has 1 aromatic rings. The summed E-state index contributed by atoms with van der Waals surface area (Å²) in [5.74, 6) is -0.696. The Balaban J connectivity index is 3.06. The maximum Gasteiger partial charge on any atom is 0.337 e. The van der Waals surface area contributed by atoms with Crippen molar-refractivity contribution in [2.45, 2.75) is 13.0 Å². The number of esters is 1. The zero-order valence-electron chi connectivity index (χ0n) is 13.2. The number of benzene rings is 1. The minimum atomic E-state index is -3.67. The topological polar surface area (TPSA) is 111 Å². The van der Waals surface area contributed by atoms with Crippen molar-refractivity contribution in [1.29, 1.82) is 0 Å². The van der Waals surface area contributed by atoms with Gasteiger partial charge in [0.25, 0.3) is 0 Å². The van der Waals surface area contributed by atoms with Crippen molar-refractivity contribution in [3.05, 3.63) is 23.8 Å². The smallest absolute Gasteiger partial charge is 0.337 e. The molecule has 0 fully saturated rings. The summed E-state index contributed by atoms with van der Waals surface area (Å²) in [4.78, 5) is 11.5. The second-order valence-electron chi connectivity index (χ2n) is 4.70. The first-order valence-corrected chi connectivity index (χ1v) is 8.47. The molecule has 0 unspecified atom stereocenters. The average Bonchev–Trinajstić information content (AvgIpc) is 2.52. The van der Waals surface area contributed by atoms with Crippen LogP contribution >= 0.6 is 0 Å². The molecule has 0 amide bonds. The summed E-state index contributed by atoms with van der Waals surface area (Å²) in [5, 5.41) is 8.85. The zero-order chi connectivity index (χ0) is 17.5. The minimum absolute atomic E-state index is 0.0478. The van der Waals surface area contributed by atoms with E-state index in [1.807, 2.05) is 0 Å². The molecule has 0 bridgehead atoms. The molecule has 0 saturated heterocycles. The lowest BCUT2D eigenvalue weighted by Crippen LogP contribution is -2.25. The van der Waals surface area contributed by atoms with Crippen LogP contribution in [0.15, 0.2) is 18.2 Å². The Kier molecular flexibility index (Phi) is 7.27. The molecule has 0 aliphatic rings. The Labute approximate surface area is 135 Å². The van der Waals surface area contributed by atoms with Gasteiger partial charge in [0, 0.05) is 7.11 Å². The summed E-state index contributed by atoms with van der Waals surface area (Å²) in [7, 11) is -1.01. The van der Waals surface area contributed by atoms with Gasteiger partial charge in [0.05, 0.1) is 36.8 Å². The molecule has 23 heavy (non-hydrogen) atoms. The van der Waals surface area contributed by atoms with Gasteiger partial charge in [-0.1, -0.05) is 0 Å². The van der Waals surface area contributed by atoms with E-state index in [-0.39, 0.29) is 36.0 Å². The number of carbonyl (C=O) groups excluding carboxylic acids is 1. The molecule has 130 valence electrons. The van der Waals surface area contributed by atoms with Crippen LogP contribution in [-0.4, -0.2) is 58.8 Å². The van der Waals surface area contributed by atoms with Crippen LogP contribution in [0, 0.1) is 0 Å². The number of carbonyl (C=O) groups is 1. The SMILES string of the molecule is COC(=O)c1ccc(NS(=O)(=O)C[C@H](C)OC)c(OCCO)c1. The Morgan fingerprint density at radius 3 is 2.61 bits per heavy atom. The summed E-state index contributed by atoms with van der Waals surface area (Å²) in [6.45, 7) is 1.33. The monoisotopic (exact) mass is 347 g/mol. The van der Waals surface area contributed by atoms with Gasteiger partial charge in [-0.15, -0.1) is 0 Å². The summed E-state index contributed by atoms with van der Waals surface area (Å²) in [6.07, 6.45) is -0.483. The van der Waals surface area contributed by atoms with Gasteiger partial charge in [0.2, 0.25) is 10.0 Å². The second-order valence-corrected chi connectivity index (χ2v) is 6.47. The summed E-state index contributed by atoms with van der Waals surface area (Å²) < 4.78 is 41.4. The molecular weight excluding hydrogens is 326 g/mol. The highest BCUT2D eigenvalue weighted by Crippen LogP contribution is 2.27. The highest BCUT2D eigenvalue weighted by molar-refractivity contribution is 7.92. The van der Waals surface area contributed by atoms with Gasteiger partial charge in [-0.05, 0) is 25.1 Å². The predicted octanol–water partition coefficient (Wildman–Crippen LogP) is 0.621. The van der Waals surface area contributed by atoms with Crippen LogP contribution in [0.2, 0.25) is 0 Å². The third-order valence-corrected chi connectivity index (χ3v) is 4.31. The number of ether oxygens (including phenoxy) is 3. The molecule has 0 radical (unpaired) electrons. The second kappa shape index (κ2) is 8.70. The Hall–Kier alpha value is -1.84. The largest absolute Gasteiger partial charge is 0.489 e. The molecule has 0 heterocycles. The number of aliphatic hydroxyl groups is 1. The summed E-state index contributed by atoms with van der Waals surface area (Å²) >= 11 is 0. The normalized spacial score (nSPS) is 12.5. The molecule has 2 N–H and O–H groups in total. The molecule has 0 aliphatic carbocycles. The van der Waals surface area contributed by atoms with E-state index in [4.69, 9.17) is 14.6 Å². The molecule has 1 rings (SSSR count). The highest BCUT2D eigenvalue weighted by atomic mass is 32.2. The number of hydrogen-bond acceptors (Lipinski definition) is 7. The lowest BCUT2D eigenvalue weighted by molar-refractivity contribution is 0.0600. The molecule has 1 aromatic carbocycles. The molecule has 8 nitrogen and oxygen atoms in total. The summed E-state index contributed by atoms with van der Waals surface area (Å²) in [5.41, 5.74) is 0.364. The van der Waals surface area contributed by atoms with E-state index >= 15 is 0 Å². The van der Waals surface area contributed by atoms with Crippen molar-refractivity contribution in [2.24, 2.45) is 0 Å². The molecule has 0 aliphatic heterocycles. The van der Waals surface area contributed by atoms with E-state index in [0.717, 1.165) is 0 Å². The predicted molar refractivity (Wildman–Crippen MR) is 84.2 cm³/mol. The molecule has 1 atom stereocenters. The molecular formula is C14H21NO7S. The van der Waals surface area contributed by atoms with Crippen LogP contribution in [0.1, 0.15) is 17.3 Å². The third kappa shape index (κ3) is 6.05. The summed E-state index contributed by atoms with van der Waals surface area (Å²) in [6, 6.07) is 4.16. The number of rotatable bonds is 9. The highest BCUT2D eigenvalue weighted by Gasteiger charge is 2.19. The zero-order valence-corrected chi connectivity index (χ0v) is 14.1. The van der Waals surface area contributed by atoms with E-state index < -0.39 is 22.1 Å². The van der Waals surface area contributed by atoms with Gasteiger partial charge in [0.15, 0.2) is 0 Å². The van der Waals surface area contributed by atoms with Crippen molar-refractivity contribution in [2.75, 3.05) is 37.9 Å². The Morgan fingerprint density at radius 1 is 1.35 bits per heavy atom. The first kappa shape index (κ1) is 19.2. The average molecular weight is 347 g/mol. The van der Waals surface area contributed by atoms with Gasteiger partial charge in [-0.25, -0.2) is 13.2 Å². The third-order valence-electron chi connectivity index (χ3n) is 2.87. The van der Waals surface area contributed by atoms with E-state index in [0.29, 0.717) is 0 Å². The van der Waals surface area contributed by atoms with Crippen molar-refractivity contribution < 1.29 is 32.5 Å². The standard InChI is InChI=1S/C14H21NO7S/c1-10(20-2)9-23(18,19)15-12-5-4-11(14(17)21-3)8-13(12)22-7-6-16/h4-5,8,10,15-16H,6-7,9H2,1-3H3/t10-/m0/s1. The first-order valence-electron chi connectivity index (χ1n) is 6.82. The van der Waals surface area contributed by atoms with Gasteiger partial charge in [-0.3, -0.25) is 4.72 Å². The Morgan fingerprint density at radius 2 is 2.04 bits per heavy atom. The fourth-order valence-corrected chi connectivity index (χ4v) is 3.05. The van der Waals surface area contributed by atoms with Crippen LogP contribution in [0.25, 0.3) is 0 Å². The van der Waals surface area contributed by atoms with Gasteiger partial charge in [0.1, 0.15) is 12.4 Å². The first-order chi connectivity index (χ1) is 10.8.